The number of carboxylic acids is 1. The highest BCUT2D eigenvalue weighted by atomic mass is 19.3. The Labute approximate surface area is 132 Å². The molecule has 23 heavy (non-hydrogen) atoms. The van der Waals surface area contributed by atoms with Crippen LogP contribution in [-0.2, 0) is 9.53 Å². The van der Waals surface area contributed by atoms with Gasteiger partial charge in [0.2, 0.25) is 6.43 Å². The zero-order valence-electron chi connectivity index (χ0n) is 13.0. The van der Waals surface area contributed by atoms with E-state index in [0.717, 1.165) is 12.1 Å². The lowest BCUT2D eigenvalue weighted by Crippen LogP contribution is -2.27. The zero-order valence-corrected chi connectivity index (χ0v) is 13.0. The van der Waals surface area contributed by atoms with Crippen LogP contribution in [0.15, 0.2) is 18.2 Å². The van der Waals surface area contributed by atoms with Crippen LogP contribution in [0.1, 0.15) is 38.7 Å². The summed E-state index contributed by atoms with van der Waals surface area (Å²) in [5, 5.41) is 20.9. The van der Waals surface area contributed by atoms with E-state index >= 15 is 0 Å². The minimum Gasteiger partial charge on any atom is -0.508 e. The molecule has 0 fully saturated rings. The number of carbonyl (C=O) groups excluding carboxylic acids is 1. The summed E-state index contributed by atoms with van der Waals surface area (Å²) < 4.78 is 30.9. The molecule has 0 heterocycles. The molecule has 0 aliphatic heterocycles. The summed E-state index contributed by atoms with van der Waals surface area (Å²) in [5.74, 6) is -3.56. The number of amides is 1. The molecule has 128 valence electrons. The zero-order chi connectivity index (χ0) is 17.8. The van der Waals surface area contributed by atoms with Crippen LogP contribution >= 0.6 is 0 Å². The number of hydrogen-bond donors (Lipinski definition) is 3. The van der Waals surface area contributed by atoms with Crippen LogP contribution in [0, 0.1) is 0 Å². The van der Waals surface area contributed by atoms with E-state index < -0.39 is 42.2 Å². The number of alkyl halides is 2. The molecular formula is C15H19F2NO5. The standard InChI is InChI=1S/C15H19F2NO5/c1-15(2,3)23-14(22)18-8-4-5-9(11(19)6-8)10(13(16)17)7-12(20)21/h4-6,10,13,19H,7H2,1-3H3,(H,18,22)(H,20,21). The van der Waals surface area contributed by atoms with Gasteiger partial charge in [-0.1, -0.05) is 6.07 Å². The minimum absolute atomic E-state index is 0.142. The van der Waals surface area contributed by atoms with Gasteiger partial charge in [-0.3, -0.25) is 10.1 Å². The number of aromatic hydroxyl groups is 1. The summed E-state index contributed by atoms with van der Waals surface area (Å²) in [4.78, 5) is 22.3. The lowest BCUT2D eigenvalue weighted by Gasteiger charge is -2.20. The monoisotopic (exact) mass is 331 g/mol. The van der Waals surface area contributed by atoms with E-state index in [4.69, 9.17) is 9.84 Å². The smallest absolute Gasteiger partial charge is 0.412 e. The van der Waals surface area contributed by atoms with Gasteiger partial charge in [0, 0.05) is 17.3 Å². The van der Waals surface area contributed by atoms with Gasteiger partial charge in [0.15, 0.2) is 0 Å². The second kappa shape index (κ2) is 7.26. The Bertz CT molecular complexity index is 584. The lowest BCUT2D eigenvalue weighted by atomic mass is 9.95. The fourth-order valence-corrected chi connectivity index (χ4v) is 1.88. The number of benzene rings is 1. The van der Waals surface area contributed by atoms with Gasteiger partial charge in [-0.25, -0.2) is 13.6 Å². The van der Waals surface area contributed by atoms with Crippen LogP contribution in [0.2, 0.25) is 0 Å². The number of halogens is 2. The van der Waals surface area contributed by atoms with E-state index in [1.54, 1.807) is 20.8 Å². The van der Waals surface area contributed by atoms with Crippen molar-refractivity contribution in [3.63, 3.8) is 0 Å². The SMILES string of the molecule is CC(C)(C)OC(=O)Nc1ccc(C(CC(=O)O)C(F)F)c(O)c1. The van der Waals surface area contributed by atoms with Crippen LogP contribution in [-0.4, -0.2) is 34.3 Å². The molecule has 6 nitrogen and oxygen atoms in total. The third-order valence-electron chi connectivity index (χ3n) is 2.77. The molecule has 8 heteroatoms. The van der Waals surface area contributed by atoms with Crippen molar-refractivity contribution in [2.75, 3.05) is 5.32 Å². The Morgan fingerprint density at radius 2 is 1.91 bits per heavy atom. The van der Waals surface area contributed by atoms with Crippen LogP contribution in [0.25, 0.3) is 0 Å². The quantitative estimate of drug-likeness (QED) is 0.766. The van der Waals surface area contributed by atoms with Crippen molar-refractivity contribution in [3.05, 3.63) is 23.8 Å². The van der Waals surface area contributed by atoms with Crippen LogP contribution in [0.4, 0.5) is 19.3 Å². The summed E-state index contributed by atoms with van der Waals surface area (Å²) in [7, 11) is 0. The second-order valence-electron chi connectivity index (χ2n) is 5.94. The molecule has 0 saturated heterocycles. The van der Waals surface area contributed by atoms with Crippen molar-refractivity contribution in [1.29, 1.82) is 0 Å². The lowest BCUT2D eigenvalue weighted by molar-refractivity contribution is -0.138. The number of ether oxygens (including phenoxy) is 1. The Kier molecular flexibility index (Phi) is 5.89. The van der Waals surface area contributed by atoms with Gasteiger partial charge >= 0.3 is 12.1 Å². The van der Waals surface area contributed by atoms with Crippen molar-refractivity contribution < 1.29 is 33.3 Å². The Balaban J connectivity index is 2.92. The molecule has 1 rings (SSSR count). The molecular weight excluding hydrogens is 312 g/mol. The maximum Gasteiger partial charge on any atom is 0.412 e. The number of aliphatic carboxylic acids is 1. The summed E-state index contributed by atoms with van der Waals surface area (Å²) in [5.41, 5.74) is -0.769. The molecule has 1 atom stereocenters. The number of phenols is 1. The first-order valence-electron chi connectivity index (χ1n) is 6.82. The number of carbonyl (C=O) groups is 2. The van der Waals surface area contributed by atoms with E-state index in [1.807, 2.05) is 0 Å². The number of nitrogens with one attached hydrogen (secondary N) is 1. The van der Waals surface area contributed by atoms with Gasteiger partial charge in [-0.05, 0) is 26.8 Å². The number of carboxylic acid groups (broad SMARTS) is 1. The first-order valence-corrected chi connectivity index (χ1v) is 6.82. The van der Waals surface area contributed by atoms with Crippen molar-refractivity contribution >= 4 is 17.7 Å². The fraction of sp³-hybridized carbons (Fsp3) is 0.467. The topological polar surface area (TPSA) is 95.9 Å². The number of hydrogen-bond acceptors (Lipinski definition) is 4. The molecule has 1 unspecified atom stereocenters. The van der Waals surface area contributed by atoms with Crippen molar-refractivity contribution in [2.45, 2.75) is 45.1 Å². The molecule has 1 aromatic rings. The average molecular weight is 331 g/mol. The first-order chi connectivity index (χ1) is 10.5. The summed E-state index contributed by atoms with van der Waals surface area (Å²) in [6.07, 6.45) is -4.52. The van der Waals surface area contributed by atoms with Gasteiger partial charge in [-0.2, -0.15) is 0 Å². The average Bonchev–Trinajstić information content (AvgIpc) is 2.33. The molecule has 1 aromatic carbocycles. The number of rotatable bonds is 5. The molecule has 0 aliphatic carbocycles. The van der Waals surface area contributed by atoms with E-state index in [0.29, 0.717) is 0 Å². The van der Waals surface area contributed by atoms with E-state index in [9.17, 15) is 23.5 Å². The minimum atomic E-state index is -2.94. The van der Waals surface area contributed by atoms with Crippen LogP contribution in [0.5, 0.6) is 5.75 Å². The predicted octanol–water partition coefficient (Wildman–Crippen LogP) is 3.56. The molecule has 1 amide bonds. The van der Waals surface area contributed by atoms with Crippen molar-refractivity contribution in [3.8, 4) is 5.75 Å². The van der Waals surface area contributed by atoms with E-state index in [2.05, 4.69) is 5.32 Å². The number of anilines is 1. The highest BCUT2D eigenvalue weighted by molar-refractivity contribution is 5.85. The molecule has 0 aliphatic rings. The Morgan fingerprint density at radius 1 is 1.30 bits per heavy atom. The molecule has 3 N–H and O–H groups in total. The normalized spacial score (nSPS) is 12.8. The predicted molar refractivity (Wildman–Crippen MR) is 79.0 cm³/mol. The first kappa shape index (κ1) is 18.7. The third kappa shape index (κ3) is 6.09. The van der Waals surface area contributed by atoms with Gasteiger partial charge in [-0.15, -0.1) is 0 Å². The van der Waals surface area contributed by atoms with Gasteiger partial charge in [0.25, 0.3) is 0 Å². The van der Waals surface area contributed by atoms with Gasteiger partial charge < -0.3 is 14.9 Å². The van der Waals surface area contributed by atoms with E-state index in [-0.39, 0.29) is 11.3 Å². The third-order valence-corrected chi connectivity index (χ3v) is 2.77. The number of phenolic OH excluding ortho intramolecular Hbond substituents is 1. The summed E-state index contributed by atoms with van der Waals surface area (Å²) in [6, 6.07) is 3.51. The van der Waals surface area contributed by atoms with Crippen molar-refractivity contribution in [1.82, 2.24) is 0 Å². The largest absolute Gasteiger partial charge is 0.508 e. The maximum atomic E-state index is 13.0. The van der Waals surface area contributed by atoms with Gasteiger partial charge in [0.05, 0.1) is 12.3 Å². The summed E-state index contributed by atoms with van der Waals surface area (Å²) in [6.45, 7) is 5.02. The Hall–Kier alpha value is -2.38. The molecule has 0 bridgehead atoms. The fourth-order valence-electron chi connectivity index (χ4n) is 1.88. The van der Waals surface area contributed by atoms with Gasteiger partial charge in [0.1, 0.15) is 11.4 Å². The maximum absolute atomic E-state index is 13.0. The van der Waals surface area contributed by atoms with Crippen LogP contribution < -0.4 is 5.32 Å². The van der Waals surface area contributed by atoms with Crippen molar-refractivity contribution in [2.24, 2.45) is 0 Å². The van der Waals surface area contributed by atoms with E-state index in [1.165, 1.54) is 6.07 Å². The summed E-state index contributed by atoms with van der Waals surface area (Å²) >= 11 is 0. The molecule has 0 aromatic heterocycles. The highest BCUT2D eigenvalue weighted by Gasteiger charge is 2.28. The molecule has 0 radical (unpaired) electrons. The van der Waals surface area contributed by atoms with Crippen LogP contribution in [0.3, 0.4) is 0 Å². The molecule has 0 spiro atoms. The Morgan fingerprint density at radius 3 is 2.35 bits per heavy atom. The molecule has 0 saturated carbocycles. The highest BCUT2D eigenvalue weighted by Crippen LogP contribution is 2.34. The second-order valence-corrected chi connectivity index (χ2v) is 5.94.